The number of hydrogen-bond donors (Lipinski definition) is 1. The van der Waals surface area contributed by atoms with E-state index in [2.05, 4.69) is 21.5 Å². The van der Waals surface area contributed by atoms with Crippen LogP contribution < -0.4 is 5.32 Å². The van der Waals surface area contributed by atoms with Gasteiger partial charge in [-0.2, -0.15) is 5.10 Å². The van der Waals surface area contributed by atoms with Crippen LogP contribution in [0.15, 0.2) is 36.5 Å². The lowest BCUT2D eigenvalue weighted by Crippen LogP contribution is -2.15. The van der Waals surface area contributed by atoms with Crippen molar-refractivity contribution < 1.29 is 4.79 Å². The summed E-state index contributed by atoms with van der Waals surface area (Å²) in [6.45, 7) is 5.90. The van der Waals surface area contributed by atoms with Gasteiger partial charge in [0.1, 0.15) is 5.69 Å². The fraction of sp³-hybridized carbons (Fsp3) is 0.188. The predicted octanol–water partition coefficient (Wildman–Crippen LogP) is 2.91. The van der Waals surface area contributed by atoms with Crippen molar-refractivity contribution in [3.8, 4) is 0 Å². The van der Waals surface area contributed by atoms with Gasteiger partial charge < -0.3 is 5.32 Å². The standard InChI is InChI=1S/C16H16N4O/c1-10-6-11(2)8-13(7-10)18-16(21)14-4-5-15-17-12(3)9-20(15)19-14/h4-9H,1-3H3,(H,18,21). The number of benzene rings is 1. The van der Waals surface area contributed by atoms with Crippen LogP contribution in [0.4, 0.5) is 5.69 Å². The molecule has 2 heterocycles. The van der Waals surface area contributed by atoms with E-state index in [0.717, 1.165) is 28.2 Å². The third-order valence-electron chi connectivity index (χ3n) is 3.15. The molecule has 1 aromatic carbocycles. The van der Waals surface area contributed by atoms with Gasteiger partial charge >= 0.3 is 0 Å². The SMILES string of the molecule is Cc1cc(C)cc(NC(=O)c2ccc3nc(C)cn3n2)c1. The summed E-state index contributed by atoms with van der Waals surface area (Å²) in [7, 11) is 0. The quantitative estimate of drug-likeness (QED) is 0.785. The summed E-state index contributed by atoms with van der Waals surface area (Å²) in [5, 5.41) is 7.16. The van der Waals surface area contributed by atoms with E-state index in [0.29, 0.717) is 5.69 Å². The van der Waals surface area contributed by atoms with Crippen LogP contribution in [-0.2, 0) is 0 Å². The number of anilines is 1. The van der Waals surface area contributed by atoms with Crippen LogP contribution in [0.3, 0.4) is 0 Å². The zero-order chi connectivity index (χ0) is 15.0. The Hall–Kier alpha value is -2.69. The molecule has 1 amide bonds. The van der Waals surface area contributed by atoms with E-state index in [1.165, 1.54) is 0 Å². The predicted molar refractivity (Wildman–Crippen MR) is 81.6 cm³/mol. The number of nitrogens with zero attached hydrogens (tertiary/aromatic N) is 3. The molecule has 21 heavy (non-hydrogen) atoms. The summed E-state index contributed by atoms with van der Waals surface area (Å²) >= 11 is 0. The molecule has 2 aromatic heterocycles. The number of amides is 1. The Morgan fingerprint density at radius 1 is 1.10 bits per heavy atom. The van der Waals surface area contributed by atoms with Crippen molar-refractivity contribution in [2.24, 2.45) is 0 Å². The van der Waals surface area contributed by atoms with Crippen molar-refractivity contribution in [2.45, 2.75) is 20.8 Å². The van der Waals surface area contributed by atoms with Crippen LogP contribution in [0.25, 0.3) is 5.65 Å². The monoisotopic (exact) mass is 280 g/mol. The van der Waals surface area contributed by atoms with Gasteiger partial charge in [0.2, 0.25) is 0 Å². The number of nitrogens with one attached hydrogen (secondary N) is 1. The highest BCUT2D eigenvalue weighted by molar-refractivity contribution is 6.02. The third kappa shape index (κ3) is 2.76. The largest absolute Gasteiger partial charge is 0.321 e. The minimum absolute atomic E-state index is 0.228. The molecule has 0 fully saturated rings. The molecule has 106 valence electrons. The molecule has 0 radical (unpaired) electrons. The van der Waals surface area contributed by atoms with Crippen molar-refractivity contribution in [1.29, 1.82) is 0 Å². The second-order valence-corrected chi connectivity index (χ2v) is 5.23. The van der Waals surface area contributed by atoms with Gasteiger partial charge in [0.15, 0.2) is 5.65 Å². The third-order valence-corrected chi connectivity index (χ3v) is 3.15. The molecule has 0 aliphatic rings. The number of aryl methyl sites for hydroxylation is 3. The maximum absolute atomic E-state index is 12.3. The lowest BCUT2D eigenvalue weighted by Gasteiger charge is -2.07. The molecule has 0 saturated carbocycles. The first-order chi connectivity index (χ1) is 10.0. The molecule has 0 bridgehead atoms. The first-order valence-electron chi connectivity index (χ1n) is 6.74. The van der Waals surface area contributed by atoms with Crippen LogP contribution in [0.2, 0.25) is 0 Å². The van der Waals surface area contributed by atoms with Crippen LogP contribution in [0.1, 0.15) is 27.3 Å². The molecule has 0 aliphatic heterocycles. The molecule has 5 heteroatoms. The normalized spacial score (nSPS) is 10.8. The Morgan fingerprint density at radius 2 is 1.81 bits per heavy atom. The Kier molecular flexibility index (Phi) is 3.17. The lowest BCUT2D eigenvalue weighted by atomic mass is 10.1. The Labute approximate surface area is 122 Å². The summed E-state index contributed by atoms with van der Waals surface area (Å²) in [5.41, 5.74) is 4.96. The van der Waals surface area contributed by atoms with Crippen LogP contribution in [-0.4, -0.2) is 20.5 Å². The van der Waals surface area contributed by atoms with Gasteiger partial charge in [-0.05, 0) is 56.2 Å². The first kappa shape index (κ1) is 13.3. The van der Waals surface area contributed by atoms with Crippen LogP contribution >= 0.6 is 0 Å². The lowest BCUT2D eigenvalue weighted by molar-refractivity contribution is 0.102. The molecular formula is C16H16N4O. The number of carbonyl (C=O) groups excluding carboxylic acids is 1. The zero-order valence-corrected chi connectivity index (χ0v) is 12.2. The van der Waals surface area contributed by atoms with Gasteiger partial charge in [-0.25, -0.2) is 9.50 Å². The average Bonchev–Trinajstić information content (AvgIpc) is 2.76. The van der Waals surface area contributed by atoms with Crippen LogP contribution in [0.5, 0.6) is 0 Å². The first-order valence-corrected chi connectivity index (χ1v) is 6.74. The summed E-state index contributed by atoms with van der Waals surface area (Å²) in [6.07, 6.45) is 1.79. The zero-order valence-electron chi connectivity index (χ0n) is 12.2. The fourth-order valence-corrected chi connectivity index (χ4v) is 2.36. The van der Waals surface area contributed by atoms with Gasteiger partial charge in [0.05, 0.1) is 11.9 Å². The smallest absolute Gasteiger partial charge is 0.276 e. The van der Waals surface area contributed by atoms with Gasteiger partial charge in [-0.15, -0.1) is 0 Å². The molecule has 1 N–H and O–H groups in total. The number of imidazole rings is 1. The van der Waals surface area contributed by atoms with Crippen molar-refractivity contribution in [3.63, 3.8) is 0 Å². The molecule has 5 nitrogen and oxygen atoms in total. The van der Waals surface area contributed by atoms with E-state index < -0.39 is 0 Å². The van der Waals surface area contributed by atoms with Crippen molar-refractivity contribution in [2.75, 3.05) is 5.32 Å². The maximum atomic E-state index is 12.3. The van der Waals surface area contributed by atoms with Gasteiger partial charge in [0, 0.05) is 5.69 Å². The average molecular weight is 280 g/mol. The molecule has 0 spiro atoms. The second kappa shape index (κ2) is 5.01. The van der Waals surface area contributed by atoms with Gasteiger partial charge in [-0.3, -0.25) is 4.79 Å². The highest BCUT2D eigenvalue weighted by Crippen LogP contribution is 2.14. The summed E-state index contributed by atoms with van der Waals surface area (Å²) in [4.78, 5) is 16.6. The van der Waals surface area contributed by atoms with Crippen LogP contribution in [0, 0.1) is 20.8 Å². The van der Waals surface area contributed by atoms with Crippen molar-refractivity contribution in [3.05, 3.63) is 59.0 Å². The second-order valence-electron chi connectivity index (χ2n) is 5.23. The maximum Gasteiger partial charge on any atom is 0.276 e. The Bertz CT molecular complexity index is 815. The van der Waals surface area contributed by atoms with E-state index in [4.69, 9.17) is 0 Å². The van der Waals surface area contributed by atoms with E-state index in [9.17, 15) is 4.79 Å². The highest BCUT2D eigenvalue weighted by Gasteiger charge is 2.10. The Balaban J connectivity index is 1.89. The molecular weight excluding hydrogens is 264 g/mol. The molecule has 0 aliphatic carbocycles. The number of carbonyl (C=O) groups is 1. The fourth-order valence-electron chi connectivity index (χ4n) is 2.36. The van der Waals surface area contributed by atoms with Gasteiger partial charge in [0.25, 0.3) is 5.91 Å². The topological polar surface area (TPSA) is 59.3 Å². The minimum atomic E-state index is -0.228. The van der Waals surface area contributed by atoms with E-state index in [-0.39, 0.29) is 5.91 Å². The highest BCUT2D eigenvalue weighted by atomic mass is 16.1. The summed E-state index contributed by atoms with van der Waals surface area (Å²) < 4.78 is 1.62. The molecule has 0 saturated heterocycles. The van der Waals surface area contributed by atoms with E-state index in [1.54, 1.807) is 22.8 Å². The molecule has 3 aromatic rings. The van der Waals surface area contributed by atoms with E-state index >= 15 is 0 Å². The van der Waals surface area contributed by atoms with E-state index in [1.807, 2.05) is 32.9 Å². The van der Waals surface area contributed by atoms with Crippen molar-refractivity contribution >= 4 is 17.2 Å². The molecule has 0 atom stereocenters. The minimum Gasteiger partial charge on any atom is -0.321 e. The summed E-state index contributed by atoms with van der Waals surface area (Å²) in [6, 6.07) is 9.40. The molecule has 3 rings (SSSR count). The van der Waals surface area contributed by atoms with Gasteiger partial charge in [-0.1, -0.05) is 6.07 Å². The number of hydrogen-bond acceptors (Lipinski definition) is 3. The summed E-state index contributed by atoms with van der Waals surface area (Å²) in [5.74, 6) is -0.228. The van der Waals surface area contributed by atoms with Crippen molar-refractivity contribution in [1.82, 2.24) is 14.6 Å². The number of aromatic nitrogens is 3. The molecule has 0 unspecified atom stereocenters. The number of rotatable bonds is 2. The Morgan fingerprint density at radius 3 is 2.52 bits per heavy atom. The number of fused-ring (bicyclic) bond motifs is 1.